The second-order valence-corrected chi connectivity index (χ2v) is 11.8. The Kier molecular flexibility index (Phi) is 5.83. The first-order chi connectivity index (χ1) is 17.8. The summed E-state index contributed by atoms with van der Waals surface area (Å²) in [6.45, 7) is 13.5. The third-order valence-electron chi connectivity index (χ3n) is 9.70. The van der Waals surface area contributed by atoms with Gasteiger partial charge in [-0.3, -0.25) is 14.7 Å². The third-order valence-corrected chi connectivity index (χ3v) is 9.70. The number of H-pyrrole nitrogens is 1. The first-order valence-electron chi connectivity index (χ1n) is 14.1. The van der Waals surface area contributed by atoms with Gasteiger partial charge in [0.15, 0.2) is 5.78 Å². The second-order valence-electron chi connectivity index (χ2n) is 11.8. The van der Waals surface area contributed by atoms with E-state index < -0.39 is 0 Å². The molecule has 0 bridgehead atoms. The number of nitrogens with one attached hydrogen (secondary N) is 1. The molecule has 2 heterocycles. The zero-order chi connectivity index (χ0) is 25.9. The zero-order valence-electron chi connectivity index (χ0n) is 23.1. The van der Waals surface area contributed by atoms with Gasteiger partial charge in [0.1, 0.15) is 0 Å². The van der Waals surface area contributed by atoms with Crippen molar-refractivity contribution in [1.29, 1.82) is 0 Å². The molecule has 2 aliphatic carbocycles. The number of aromatic amines is 1. The quantitative estimate of drug-likeness (QED) is 0.434. The molecule has 5 heteroatoms. The monoisotopic (exact) mass is 496 g/mol. The summed E-state index contributed by atoms with van der Waals surface area (Å²) in [4.78, 5) is 27.1. The van der Waals surface area contributed by atoms with Crippen LogP contribution in [0.3, 0.4) is 0 Å². The Labute approximate surface area is 221 Å². The number of ketones is 1. The molecule has 5 nitrogen and oxygen atoms in total. The Morgan fingerprint density at radius 3 is 2.43 bits per heavy atom. The summed E-state index contributed by atoms with van der Waals surface area (Å²) in [5.41, 5.74) is 8.69. The lowest BCUT2D eigenvalue weighted by Gasteiger charge is -2.53. The molecule has 3 aliphatic rings. The molecule has 2 aromatic carbocycles. The number of aliphatic imine (C=N–C) groups is 1. The Bertz CT molecular complexity index is 1390. The lowest BCUT2D eigenvalue weighted by molar-refractivity contribution is 0.00833. The zero-order valence-corrected chi connectivity index (χ0v) is 23.1. The molecule has 37 heavy (non-hydrogen) atoms. The highest BCUT2D eigenvalue weighted by atomic mass is 16.1. The molecule has 1 N–H and O–H groups in total. The van der Waals surface area contributed by atoms with Crippen molar-refractivity contribution in [2.45, 2.75) is 70.8 Å². The highest BCUT2D eigenvalue weighted by Crippen LogP contribution is 2.46. The van der Waals surface area contributed by atoms with Crippen LogP contribution in [-0.2, 0) is 11.8 Å². The number of rotatable bonds is 5. The first-order valence-corrected chi connectivity index (χ1v) is 14.1. The standard InChI is InChI=1S/C32H40N4O/c1-6-22-18-24-25(19-27(22)35-13-15-36(16-14-35)32(7-2)11-8-12-32)31(3,4)30-28(29(24)37)23-10-9-21(20-33-5)17-26(23)34-30/h9-10,17-20,34H,6-8,11-16H2,1-5H3. The van der Waals surface area contributed by atoms with E-state index in [4.69, 9.17) is 0 Å². The number of fused-ring (bicyclic) bond motifs is 4. The minimum atomic E-state index is -0.294. The van der Waals surface area contributed by atoms with E-state index in [0.717, 1.165) is 71.5 Å². The van der Waals surface area contributed by atoms with Crippen LogP contribution in [-0.4, -0.2) is 60.6 Å². The molecule has 194 valence electrons. The fraction of sp³-hybridized carbons (Fsp3) is 0.500. The highest BCUT2D eigenvalue weighted by molar-refractivity contribution is 6.20. The molecule has 1 aromatic heterocycles. The van der Waals surface area contributed by atoms with Gasteiger partial charge in [-0.1, -0.05) is 39.8 Å². The molecule has 0 atom stereocenters. The summed E-state index contributed by atoms with van der Waals surface area (Å²) in [5.74, 6) is 0.147. The van der Waals surface area contributed by atoms with E-state index in [0.29, 0.717) is 5.54 Å². The molecular weight excluding hydrogens is 456 g/mol. The van der Waals surface area contributed by atoms with E-state index >= 15 is 0 Å². The molecular formula is C32H40N4O. The van der Waals surface area contributed by atoms with Gasteiger partial charge in [-0.15, -0.1) is 0 Å². The summed E-state index contributed by atoms with van der Waals surface area (Å²) in [6, 6.07) is 10.8. The first kappa shape index (κ1) is 24.4. The van der Waals surface area contributed by atoms with Crippen LogP contribution in [0, 0.1) is 0 Å². The molecule has 0 radical (unpaired) electrons. The number of aromatic nitrogens is 1. The number of anilines is 1. The number of nitrogens with zero attached hydrogens (tertiary/aromatic N) is 3. The van der Waals surface area contributed by atoms with Gasteiger partial charge in [-0.2, -0.15) is 0 Å². The Balaban J connectivity index is 1.38. The normalized spacial score (nSPS) is 20.8. The fourth-order valence-electron chi connectivity index (χ4n) is 7.23. The molecule has 0 spiro atoms. The molecule has 0 amide bonds. The van der Waals surface area contributed by atoms with E-state index in [-0.39, 0.29) is 11.2 Å². The second kappa shape index (κ2) is 8.83. The smallest absolute Gasteiger partial charge is 0.195 e. The van der Waals surface area contributed by atoms with Crippen molar-refractivity contribution in [2.75, 3.05) is 38.1 Å². The lowest BCUT2D eigenvalue weighted by atomic mass is 9.70. The predicted molar refractivity (Wildman–Crippen MR) is 154 cm³/mol. The van der Waals surface area contributed by atoms with Crippen LogP contribution < -0.4 is 4.90 Å². The Morgan fingerprint density at radius 2 is 1.81 bits per heavy atom. The summed E-state index contributed by atoms with van der Waals surface area (Å²) in [7, 11) is 1.78. The van der Waals surface area contributed by atoms with E-state index in [9.17, 15) is 4.79 Å². The van der Waals surface area contributed by atoms with E-state index in [2.05, 4.69) is 71.7 Å². The third kappa shape index (κ3) is 3.61. The van der Waals surface area contributed by atoms with Crippen LogP contribution in [0.5, 0.6) is 0 Å². The minimum absolute atomic E-state index is 0.147. The largest absolute Gasteiger partial charge is 0.369 e. The van der Waals surface area contributed by atoms with Crippen molar-refractivity contribution in [3.05, 3.63) is 63.8 Å². The summed E-state index contributed by atoms with van der Waals surface area (Å²) in [6.07, 6.45) is 8.15. The maximum absolute atomic E-state index is 14.0. The van der Waals surface area contributed by atoms with Crippen molar-refractivity contribution in [3.8, 4) is 0 Å². The van der Waals surface area contributed by atoms with Crippen LogP contribution in [0.15, 0.2) is 35.3 Å². The van der Waals surface area contributed by atoms with Crippen LogP contribution in [0.1, 0.15) is 91.7 Å². The van der Waals surface area contributed by atoms with E-state index in [1.54, 1.807) is 7.05 Å². The van der Waals surface area contributed by atoms with Crippen LogP contribution in [0.2, 0.25) is 0 Å². The maximum Gasteiger partial charge on any atom is 0.195 e. The number of carbonyl (C=O) groups is 1. The van der Waals surface area contributed by atoms with Crippen molar-refractivity contribution in [2.24, 2.45) is 4.99 Å². The lowest BCUT2D eigenvalue weighted by Crippen LogP contribution is -2.60. The number of hydrogen-bond acceptors (Lipinski definition) is 4. The molecule has 1 aliphatic heterocycles. The van der Waals surface area contributed by atoms with Gasteiger partial charge in [0.2, 0.25) is 0 Å². The van der Waals surface area contributed by atoms with Crippen LogP contribution in [0.4, 0.5) is 5.69 Å². The van der Waals surface area contributed by atoms with E-state index in [1.165, 1.54) is 36.9 Å². The fourth-order valence-corrected chi connectivity index (χ4v) is 7.23. The van der Waals surface area contributed by atoms with Gasteiger partial charge in [0.05, 0.1) is 5.56 Å². The average Bonchev–Trinajstić information content (AvgIpc) is 3.27. The number of hydrogen-bond donors (Lipinski definition) is 1. The van der Waals surface area contributed by atoms with Crippen LogP contribution >= 0.6 is 0 Å². The molecule has 2 fully saturated rings. The van der Waals surface area contributed by atoms with Crippen molar-refractivity contribution in [1.82, 2.24) is 9.88 Å². The average molecular weight is 497 g/mol. The van der Waals surface area contributed by atoms with Gasteiger partial charge in [0, 0.05) is 78.2 Å². The number of carbonyl (C=O) groups excluding carboxylic acids is 1. The molecule has 1 saturated carbocycles. The van der Waals surface area contributed by atoms with Gasteiger partial charge in [-0.25, -0.2) is 0 Å². The van der Waals surface area contributed by atoms with Crippen molar-refractivity contribution in [3.63, 3.8) is 0 Å². The van der Waals surface area contributed by atoms with Gasteiger partial charge in [0.25, 0.3) is 0 Å². The van der Waals surface area contributed by atoms with Crippen LogP contribution in [0.25, 0.3) is 10.9 Å². The van der Waals surface area contributed by atoms with E-state index in [1.807, 2.05) is 12.3 Å². The van der Waals surface area contributed by atoms with Gasteiger partial charge in [-0.05, 0) is 67.0 Å². The van der Waals surface area contributed by atoms with Crippen molar-refractivity contribution >= 4 is 28.6 Å². The summed E-state index contributed by atoms with van der Waals surface area (Å²) >= 11 is 0. The van der Waals surface area contributed by atoms with Crippen molar-refractivity contribution < 1.29 is 4.79 Å². The van der Waals surface area contributed by atoms with Gasteiger partial charge < -0.3 is 9.88 Å². The molecule has 6 rings (SSSR count). The number of aryl methyl sites for hydroxylation is 1. The highest BCUT2D eigenvalue weighted by Gasteiger charge is 2.43. The summed E-state index contributed by atoms with van der Waals surface area (Å²) < 4.78 is 0. The molecule has 3 aromatic rings. The maximum atomic E-state index is 14.0. The Hall–Kier alpha value is -2.92. The number of benzene rings is 2. The van der Waals surface area contributed by atoms with Gasteiger partial charge >= 0.3 is 0 Å². The summed E-state index contributed by atoms with van der Waals surface area (Å²) in [5, 5.41) is 1.01. The SMILES string of the molecule is CCc1cc2c(cc1N1CCN(C3(CC)CCC3)CC1)C(C)(C)c1[nH]c3cc(C=NC)ccc3c1C2=O. The Morgan fingerprint density at radius 1 is 1.05 bits per heavy atom. The number of piperazine rings is 1. The minimum Gasteiger partial charge on any atom is -0.369 e. The topological polar surface area (TPSA) is 51.7 Å². The molecule has 0 unspecified atom stereocenters. The molecule has 1 saturated heterocycles. The predicted octanol–water partition coefficient (Wildman–Crippen LogP) is 6.10.